The second-order valence-corrected chi connectivity index (χ2v) is 10.0. The molecule has 0 unspecified atom stereocenters. The number of aromatic nitrogens is 1. The highest BCUT2D eigenvalue weighted by Gasteiger charge is 2.48. The molecule has 1 saturated carbocycles. The third kappa shape index (κ3) is 4.24. The summed E-state index contributed by atoms with van der Waals surface area (Å²) in [6, 6.07) is 15.2. The topological polar surface area (TPSA) is 76.7 Å². The number of furan rings is 1. The SMILES string of the molecule is COc1cccc(CN2C(=O)c3ccc(-c4ccco4)n3C[C@]2(C)C(=O)N[C@@H]2CCCC[C@@H]2C)c1. The van der Waals surface area contributed by atoms with E-state index in [-0.39, 0.29) is 17.9 Å². The van der Waals surface area contributed by atoms with Crippen molar-refractivity contribution in [2.75, 3.05) is 7.11 Å². The van der Waals surface area contributed by atoms with Crippen molar-refractivity contribution in [3.05, 3.63) is 66.1 Å². The van der Waals surface area contributed by atoms with Gasteiger partial charge in [-0.2, -0.15) is 0 Å². The van der Waals surface area contributed by atoms with Crippen LogP contribution < -0.4 is 10.1 Å². The first-order valence-corrected chi connectivity index (χ1v) is 12.4. The Bertz CT molecular complexity index is 1210. The van der Waals surface area contributed by atoms with E-state index in [1.807, 2.05) is 60.0 Å². The highest BCUT2D eigenvalue weighted by molar-refractivity contribution is 6.00. The van der Waals surface area contributed by atoms with Gasteiger partial charge in [0.1, 0.15) is 22.7 Å². The molecule has 0 spiro atoms. The molecule has 0 radical (unpaired) electrons. The van der Waals surface area contributed by atoms with Crippen LogP contribution in [0.15, 0.2) is 59.2 Å². The van der Waals surface area contributed by atoms with Crippen LogP contribution in [0.1, 0.15) is 55.6 Å². The van der Waals surface area contributed by atoms with Crippen molar-refractivity contribution in [1.29, 1.82) is 0 Å². The molecule has 184 valence electrons. The fourth-order valence-electron chi connectivity index (χ4n) is 5.47. The average molecular weight is 476 g/mol. The summed E-state index contributed by atoms with van der Waals surface area (Å²) in [6.07, 6.45) is 6.01. The third-order valence-corrected chi connectivity index (χ3v) is 7.67. The number of ether oxygens (including phenoxy) is 1. The molecule has 1 N–H and O–H groups in total. The van der Waals surface area contributed by atoms with E-state index in [1.54, 1.807) is 18.3 Å². The van der Waals surface area contributed by atoms with Gasteiger partial charge in [-0.25, -0.2) is 0 Å². The summed E-state index contributed by atoms with van der Waals surface area (Å²) in [5, 5.41) is 3.32. The number of carbonyl (C=O) groups excluding carboxylic acids is 2. The van der Waals surface area contributed by atoms with Gasteiger partial charge in [0, 0.05) is 12.6 Å². The van der Waals surface area contributed by atoms with E-state index in [9.17, 15) is 9.59 Å². The number of benzene rings is 1. The summed E-state index contributed by atoms with van der Waals surface area (Å²) >= 11 is 0. The molecule has 0 saturated heterocycles. The summed E-state index contributed by atoms with van der Waals surface area (Å²) < 4.78 is 12.9. The van der Waals surface area contributed by atoms with Crippen LogP contribution in [-0.2, 0) is 17.9 Å². The largest absolute Gasteiger partial charge is 0.497 e. The van der Waals surface area contributed by atoms with Crippen LogP contribution >= 0.6 is 0 Å². The van der Waals surface area contributed by atoms with Crippen molar-refractivity contribution in [3.8, 4) is 17.2 Å². The molecule has 2 aromatic heterocycles. The standard InChI is InChI=1S/C28H33N3O4/c1-19-8-4-5-11-22(19)29-27(33)28(2)18-30-23(25-12-7-15-35-25)13-14-24(30)26(32)31(28)17-20-9-6-10-21(16-20)34-3/h6-7,9-10,12-16,19,22H,4-5,8,11,17-18H2,1-3H3,(H,29,33)/t19-,22+,28+/m0/s1. The Morgan fingerprint density at radius 1 is 1.14 bits per heavy atom. The molecule has 7 heteroatoms. The molecule has 1 fully saturated rings. The van der Waals surface area contributed by atoms with Crippen LogP contribution in [0.4, 0.5) is 0 Å². The van der Waals surface area contributed by atoms with Gasteiger partial charge in [-0.05, 0) is 67.6 Å². The van der Waals surface area contributed by atoms with Gasteiger partial charge in [0.25, 0.3) is 5.91 Å². The zero-order valence-corrected chi connectivity index (χ0v) is 20.6. The van der Waals surface area contributed by atoms with E-state index in [0.717, 1.165) is 36.3 Å². The van der Waals surface area contributed by atoms with E-state index in [1.165, 1.54) is 6.42 Å². The molecule has 2 amide bonds. The van der Waals surface area contributed by atoms with Gasteiger partial charge in [0.05, 0.1) is 25.6 Å². The van der Waals surface area contributed by atoms with Crippen LogP contribution in [0.5, 0.6) is 5.75 Å². The van der Waals surface area contributed by atoms with Crippen molar-refractivity contribution >= 4 is 11.8 Å². The number of methoxy groups -OCH3 is 1. The number of rotatable bonds is 6. The normalized spacial score (nSPS) is 24.2. The fraction of sp³-hybridized carbons (Fsp3) is 0.429. The van der Waals surface area contributed by atoms with E-state index >= 15 is 0 Å². The molecule has 3 aromatic rings. The van der Waals surface area contributed by atoms with E-state index in [2.05, 4.69) is 12.2 Å². The lowest BCUT2D eigenvalue weighted by Gasteiger charge is -2.45. The number of fused-ring (bicyclic) bond motifs is 1. The van der Waals surface area contributed by atoms with Crippen molar-refractivity contribution in [3.63, 3.8) is 0 Å². The van der Waals surface area contributed by atoms with Crippen molar-refractivity contribution in [1.82, 2.24) is 14.8 Å². The second-order valence-electron chi connectivity index (χ2n) is 10.0. The molecule has 35 heavy (non-hydrogen) atoms. The van der Waals surface area contributed by atoms with Gasteiger partial charge >= 0.3 is 0 Å². The van der Waals surface area contributed by atoms with E-state index < -0.39 is 5.54 Å². The van der Waals surface area contributed by atoms with Gasteiger partial charge in [-0.3, -0.25) is 9.59 Å². The molecule has 3 heterocycles. The van der Waals surface area contributed by atoms with Crippen LogP contribution in [0.3, 0.4) is 0 Å². The maximum Gasteiger partial charge on any atom is 0.271 e. The summed E-state index contributed by atoms with van der Waals surface area (Å²) in [6.45, 7) is 4.73. The quantitative estimate of drug-likeness (QED) is 0.552. The highest BCUT2D eigenvalue weighted by Crippen LogP contribution is 2.35. The lowest BCUT2D eigenvalue weighted by atomic mass is 9.85. The van der Waals surface area contributed by atoms with E-state index in [4.69, 9.17) is 9.15 Å². The zero-order chi connectivity index (χ0) is 24.6. The van der Waals surface area contributed by atoms with Gasteiger partial charge in [0.15, 0.2) is 0 Å². The molecule has 1 aliphatic heterocycles. The van der Waals surface area contributed by atoms with Crippen LogP contribution in [0.25, 0.3) is 11.5 Å². The summed E-state index contributed by atoms with van der Waals surface area (Å²) in [5.41, 5.74) is 1.18. The molecular formula is C28H33N3O4. The van der Waals surface area contributed by atoms with Crippen LogP contribution in [0.2, 0.25) is 0 Å². The van der Waals surface area contributed by atoms with E-state index in [0.29, 0.717) is 30.5 Å². The van der Waals surface area contributed by atoms with Crippen molar-refractivity contribution in [2.24, 2.45) is 5.92 Å². The molecule has 1 aromatic carbocycles. The van der Waals surface area contributed by atoms with Crippen molar-refractivity contribution < 1.29 is 18.7 Å². The maximum absolute atomic E-state index is 14.0. The molecule has 2 aliphatic rings. The minimum Gasteiger partial charge on any atom is -0.497 e. The summed E-state index contributed by atoms with van der Waals surface area (Å²) in [5.74, 6) is 1.53. The minimum absolute atomic E-state index is 0.114. The first-order chi connectivity index (χ1) is 16.9. The second kappa shape index (κ2) is 9.29. The number of hydrogen-bond acceptors (Lipinski definition) is 4. The number of hydrogen-bond donors (Lipinski definition) is 1. The molecule has 3 atom stereocenters. The molecule has 7 nitrogen and oxygen atoms in total. The lowest BCUT2D eigenvalue weighted by Crippen LogP contribution is -2.65. The Morgan fingerprint density at radius 2 is 1.94 bits per heavy atom. The highest BCUT2D eigenvalue weighted by atomic mass is 16.5. The smallest absolute Gasteiger partial charge is 0.271 e. The molecular weight excluding hydrogens is 442 g/mol. The number of carbonyl (C=O) groups is 2. The number of nitrogens with zero attached hydrogens (tertiary/aromatic N) is 2. The fourth-order valence-corrected chi connectivity index (χ4v) is 5.47. The Labute approximate surface area is 206 Å². The molecule has 5 rings (SSSR count). The first-order valence-electron chi connectivity index (χ1n) is 12.4. The average Bonchev–Trinajstić information content (AvgIpc) is 3.53. The monoisotopic (exact) mass is 475 g/mol. The summed E-state index contributed by atoms with van der Waals surface area (Å²) in [4.78, 5) is 29.6. The zero-order valence-electron chi connectivity index (χ0n) is 20.6. The first kappa shape index (κ1) is 23.3. The third-order valence-electron chi connectivity index (χ3n) is 7.67. The summed E-state index contributed by atoms with van der Waals surface area (Å²) in [7, 11) is 1.62. The van der Waals surface area contributed by atoms with Crippen molar-refractivity contribution in [2.45, 2.75) is 64.2 Å². The molecule has 1 aliphatic carbocycles. The Morgan fingerprint density at radius 3 is 2.69 bits per heavy atom. The number of nitrogens with one attached hydrogen (secondary N) is 1. The van der Waals surface area contributed by atoms with Gasteiger partial charge in [-0.1, -0.05) is 31.9 Å². The molecule has 0 bridgehead atoms. The Kier molecular flexibility index (Phi) is 6.17. The minimum atomic E-state index is -1.08. The number of amides is 2. The predicted molar refractivity (Wildman–Crippen MR) is 133 cm³/mol. The predicted octanol–water partition coefficient (Wildman–Crippen LogP) is 4.87. The lowest BCUT2D eigenvalue weighted by molar-refractivity contribution is -0.134. The Balaban J connectivity index is 1.53. The van der Waals surface area contributed by atoms with Crippen LogP contribution in [-0.4, -0.2) is 40.0 Å². The van der Waals surface area contributed by atoms with Gasteiger partial charge < -0.3 is 23.9 Å². The van der Waals surface area contributed by atoms with Crippen LogP contribution in [0, 0.1) is 5.92 Å². The van der Waals surface area contributed by atoms with Gasteiger partial charge in [0.2, 0.25) is 5.91 Å². The van der Waals surface area contributed by atoms with Gasteiger partial charge in [-0.15, -0.1) is 0 Å². The maximum atomic E-state index is 14.0. The Hall–Kier alpha value is -3.48.